The zero-order valence-corrected chi connectivity index (χ0v) is 16.2. The van der Waals surface area contributed by atoms with Crippen molar-refractivity contribution in [3.05, 3.63) is 92.5 Å². The summed E-state index contributed by atoms with van der Waals surface area (Å²) in [5.41, 5.74) is 2.80. The Labute approximate surface area is 167 Å². The Morgan fingerprint density at radius 3 is 2.48 bits per heavy atom. The van der Waals surface area contributed by atoms with E-state index in [0.29, 0.717) is 42.0 Å². The first-order chi connectivity index (χ1) is 13.9. The van der Waals surface area contributed by atoms with E-state index >= 15 is 0 Å². The molecule has 7 nitrogen and oxygen atoms in total. The van der Waals surface area contributed by atoms with E-state index in [0.717, 1.165) is 5.56 Å². The van der Waals surface area contributed by atoms with Gasteiger partial charge in [0.2, 0.25) is 0 Å². The minimum absolute atomic E-state index is 0.0239. The number of rotatable bonds is 7. The van der Waals surface area contributed by atoms with E-state index in [4.69, 9.17) is 0 Å². The fourth-order valence-corrected chi connectivity index (χ4v) is 3.15. The van der Waals surface area contributed by atoms with Crippen LogP contribution < -0.4 is 5.32 Å². The fraction of sp³-hybridized carbons (Fsp3) is 0.238. The average Bonchev–Trinajstić information content (AvgIpc) is 2.97. The molecule has 0 spiro atoms. The Balaban J connectivity index is 1.60. The third kappa shape index (κ3) is 4.66. The van der Waals surface area contributed by atoms with Crippen LogP contribution in [0.1, 0.15) is 32.9 Å². The lowest BCUT2D eigenvalue weighted by molar-refractivity contribution is -0.386. The van der Waals surface area contributed by atoms with Crippen molar-refractivity contribution in [2.75, 3.05) is 6.54 Å². The number of benzene rings is 2. The molecule has 0 atom stereocenters. The van der Waals surface area contributed by atoms with E-state index < -0.39 is 4.92 Å². The minimum Gasteiger partial charge on any atom is -0.352 e. The molecule has 1 heterocycles. The summed E-state index contributed by atoms with van der Waals surface area (Å²) in [6.45, 7) is 3.97. The van der Waals surface area contributed by atoms with E-state index in [1.54, 1.807) is 61.0 Å². The van der Waals surface area contributed by atoms with Crippen LogP contribution in [0.25, 0.3) is 0 Å². The number of nitro groups is 1. The summed E-state index contributed by atoms with van der Waals surface area (Å²) in [4.78, 5) is 23.0. The highest BCUT2D eigenvalue weighted by molar-refractivity contribution is 5.94. The molecule has 0 saturated carbocycles. The van der Waals surface area contributed by atoms with Crippen LogP contribution in [-0.2, 0) is 13.0 Å². The smallest absolute Gasteiger partial charge is 0.312 e. The van der Waals surface area contributed by atoms with Crippen molar-refractivity contribution in [2.24, 2.45) is 0 Å². The molecule has 0 unspecified atom stereocenters. The number of hydrogen-bond donors (Lipinski definition) is 1. The maximum Gasteiger partial charge on any atom is 0.312 e. The second-order valence-electron chi connectivity index (χ2n) is 6.73. The lowest BCUT2D eigenvalue weighted by Gasteiger charge is -2.08. The van der Waals surface area contributed by atoms with Crippen LogP contribution in [0.15, 0.2) is 48.5 Å². The first-order valence-electron chi connectivity index (χ1n) is 9.15. The lowest BCUT2D eigenvalue weighted by Crippen LogP contribution is -2.25. The van der Waals surface area contributed by atoms with E-state index in [9.17, 15) is 19.3 Å². The fourth-order valence-electron chi connectivity index (χ4n) is 3.15. The molecular weight excluding hydrogens is 375 g/mol. The highest BCUT2D eigenvalue weighted by Crippen LogP contribution is 2.22. The van der Waals surface area contributed by atoms with Crippen molar-refractivity contribution in [3.8, 4) is 0 Å². The topological polar surface area (TPSA) is 90.1 Å². The van der Waals surface area contributed by atoms with Gasteiger partial charge in [0, 0.05) is 12.1 Å². The van der Waals surface area contributed by atoms with E-state index in [1.807, 2.05) is 0 Å². The van der Waals surface area contributed by atoms with Gasteiger partial charge >= 0.3 is 5.69 Å². The summed E-state index contributed by atoms with van der Waals surface area (Å²) in [5, 5.41) is 18.1. The average molecular weight is 396 g/mol. The first-order valence-corrected chi connectivity index (χ1v) is 9.15. The Kier molecular flexibility index (Phi) is 6.01. The van der Waals surface area contributed by atoms with Crippen molar-refractivity contribution < 1.29 is 14.1 Å². The van der Waals surface area contributed by atoms with Gasteiger partial charge < -0.3 is 5.32 Å². The zero-order chi connectivity index (χ0) is 21.0. The van der Waals surface area contributed by atoms with Crippen LogP contribution in [0.4, 0.5) is 10.1 Å². The molecule has 0 fully saturated rings. The van der Waals surface area contributed by atoms with Gasteiger partial charge in [-0.15, -0.1) is 0 Å². The molecule has 0 aliphatic heterocycles. The summed E-state index contributed by atoms with van der Waals surface area (Å²) in [7, 11) is 0. The van der Waals surface area contributed by atoms with Crippen molar-refractivity contribution in [2.45, 2.75) is 26.8 Å². The van der Waals surface area contributed by atoms with Crippen LogP contribution >= 0.6 is 0 Å². The number of halogens is 1. The molecule has 1 amide bonds. The molecule has 0 aliphatic carbocycles. The first kappa shape index (κ1) is 20.2. The molecule has 8 heteroatoms. The van der Waals surface area contributed by atoms with Crippen molar-refractivity contribution >= 4 is 11.6 Å². The van der Waals surface area contributed by atoms with Gasteiger partial charge in [-0.3, -0.25) is 19.6 Å². The lowest BCUT2D eigenvalue weighted by atomic mass is 10.1. The molecule has 3 rings (SSSR count). The zero-order valence-electron chi connectivity index (χ0n) is 16.2. The van der Waals surface area contributed by atoms with Crippen LogP contribution in [0.2, 0.25) is 0 Å². The number of nitrogens with one attached hydrogen (secondary N) is 1. The standard InChI is InChI=1S/C21H21FN4O3/c1-14-20(26(28)29)15(2)25(24-14)13-16-7-9-18(10-8-16)21(27)23-12-11-17-5-3-4-6-19(17)22/h3-10H,11-13H2,1-2H3,(H,23,27). The molecular formula is C21H21FN4O3. The third-order valence-electron chi connectivity index (χ3n) is 4.71. The molecule has 3 aromatic rings. The SMILES string of the molecule is Cc1nn(Cc2ccc(C(=O)NCCc3ccccc3F)cc2)c(C)c1[N+](=O)[O-]. The number of aryl methyl sites for hydroxylation is 1. The third-order valence-corrected chi connectivity index (χ3v) is 4.71. The summed E-state index contributed by atoms with van der Waals surface area (Å²) >= 11 is 0. The number of nitrogens with zero attached hydrogens (tertiary/aromatic N) is 3. The predicted molar refractivity (Wildman–Crippen MR) is 106 cm³/mol. The highest BCUT2D eigenvalue weighted by atomic mass is 19.1. The molecule has 0 radical (unpaired) electrons. The number of hydrogen-bond acceptors (Lipinski definition) is 4. The molecule has 1 aromatic heterocycles. The molecule has 0 saturated heterocycles. The molecule has 0 aliphatic rings. The highest BCUT2D eigenvalue weighted by Gasteiger charge is 2.21. The largest absolute Gasteiger partial charge is 0.352 e. The van der Waals surface area contributed by atoms with Crippen LogP contribution in [-0.4, -0.2) is 27.2 Å². The van der Waals surface area contributed by atoms with E-state index in [1.165, 1.54) is 6.07 Å². The van der Waals surface area contributed by atoms with Gasteiger partial charge in [0.1, 0.15) is 17.2 Å². The van der Waals surface area contributed by atoms with Crippen LogP contribution in [0.5, 0.6) is 0 Å². The van der Waals surface area contributed by atoms with Gasteiger partial charge in [-0.2, -0.15) is 5.10 Å². The van der Waals surface area contributed by atoms with Gasteiger partial charge in [-0.1, -0.05) is 30.3 Å². The van der Waals surface area contributed by atoms with Crippen LogP contribution in [0.3, 0.4) is 0 Å². The molecule has 29 heavy (non-hydrogen) atoms. The number of amides is 1. The number of aromatic nitrogens is 2. The van der Waals surface area contributed by atoms with Crippen molar-refractivity contribution in [1.82, 2.24) is 15.1 Å². The summed E-state index contributed by atoms with van der Waals surface area (Å²) in [6.07, 6.45) is 0.410. The summed E-state index contributed by atoms with van der Waals surface area (Å²) in [5.74, 6) is -0.523. The van der Waals surface area contributed by atoms with Gasteiger partial charge in [-0.25, -0.2) is 4.39 Å². The molecule has 1 N–H and O–H groups in total. The molecule has 2 aromatic carbocycles. The monoisotopic (exact) mass is 396 g/mol. The van der Waals surface area contributed by atoms with Gasteiger partial charge in [0.05, 0.1) is 11.5 Å². The van der Waals surface area contributed by atoms with E-state index in [2.05, 4.69) is 10.4 Å². The minimum atomic E-state index is -0.428. The second kappa shape index (κ2) is 8.64. The summed E-state index contributed by atoms with van der Waals surface area (Å²) < 4.78 is 15.2. The van der Waals surface area contributed by atoms with Crippen LogP contribution in [0, 0.1) is 29.8 Å². The van der Waals surface area contributed by atoms with Crippen molar-refractivity contribution in [3.63, 3.8) is 0 Å². The van der Waals surface area contributed by atoms with Gasteiger partial charge in [-0.05, 0) is 49.6 Å². The van der Waals surface area contributed by atoms with E-state index in [-0.39, 0.29) is 17.4 Å². The Bertz CT molecular complexity index is 1040. The Hall–Kier alpha value is -3.55. The maximum atomic E-state index is 13.6. The number of carbonyl (C=O) groups is 1. The Morgan fingerprint density at radius 1 is 1.17 bits per heavy atom. The van der Waals surface area contributed by atoms with Crippen molar-refractivity contribution in [1.29, 1.82) is 0 Å². The maximum absolute atomic E-state index is 13.6. The quantitative estimate of drug-likeness (QED) is 0.488. The van der Waals surface area contributed by atoms with Gasteiger partial charge in [0.15, 0.2) is 0 Å². The predicted octanol–water partition coefficient (Wildman–Crippen LogP) is 3.57. The number of carbonyl (C=O) groups excluding carboxylic acids is 1. The molecule has 150 valence electrons. The second-order valence-corrected chi connectivity index (χ2v) is 6.73. The Morgan fingerprint density at radius 2 is 1.86 bits per heavy atom. The van der Waals surface area contributed by atoms with Gasteiger partial charge in [0.25, 0.3) is 5.91 Å². The summed E-state index contributed by atoms with van der Waals surface area (Å²) in [6, 6.07) is 13.4. The molecule has 0 bridgehead atoms. The normalized spacial score (nSPS) is 10.7.